The third kappa shape index (κ3) is 4.89. The number of ether oxygens (including phenoxy) is 3. The van der Waals surface area contributed by atoms with Gasteiger partial charge in [0.05, 0.1) is 18.1 Å². The Morgan fingerprint density at radius 3 is 2.77 bits per heavy atom. The van der Waals surface area contributed by atoms with Gasteiger partial charge in [0.2, 0.25) is 5.88 Å². The summed E-state index contributed by atoms with van der Waals surface area (Å²) in [6.07, 6.45) is 0. The molecule has 31 heavy (non-hydrogen) atoms. The minimum absolute atomic E-state index is 0.0716. The number of nitriles is 1. The fraction of sp³-hybridized carbons (Fsp3) is 0.217. The van der Waals surface area contributed by atoms with E-state index in [0.717, 1.165) is 0 Å². The lowest BCUT2D eigenvalue weighted by Gasteiger charge is -2.28. The number of hydrogen-bond donors (Lipinski definition) is 1. The molecule has 0 radical (unpaired) electrons. The van der Waals surface area contributed by atoms with Gasteiger partial charge in [0.15, 0.2) is 0 Å². The third-order valence-electron chi connectivity index (χ3n) is 4.67. The van der Waals surface area contributed by atoms with Crippen LogP contribution in [0.3, 0.4) is 0 Å². The van der Waals surface area contributed by atoms with E-state index in [1.807, 2.05) is 6.07 Å². The van der Waals surface area contributed by atoms with Crippen LogP contribution in [-0.4, -0.2) is 12.6 Å². The highest BCUT2D eigenvalue weighted by atomic mass is 79.9. The van der Waals surface area contributed by atoms with Crippen molar-refractivity contribution in [3.05, 3.63) is 86.7 Å². The molecule has 1 heterocycles. The largest absolute Gasteiger partial charge is 0.489 e. The topological polar surface area (TPSA) is 94.6 Å². The van der Waals surface area contributed by atoms with E-state index in [2.05, 4.69) is 15.9 Å². The SMILES string of the molecule is CCOC(=O)C1=C(C)OC(N)=C(C#N)[C@@H]1c1cc(Br)ccc1OCc1cccc(F)c1. The van der Waals surface area contributed by atoms with Gasteiger partial charge in [-0.25, -0.2) is 9.18 Å². The average molecular weight is 487 g/mol. The standard InChI is InChI=1S/C23H20BrFN2O4/c1-3-29-23(28)20-13(2)31-22(27)18(11-26)21(20)17-10-15(24)7-8-19(17)30-12-14-5-4-6-16(25)9-14/h4-10,21H,3,12,27H2,1-2H3/t21-/m0/s1. The molecule has 3 rings (SSSR count). The van der Waals surface area contributed by atoms with Crippen LogP contribution in [0.5, 0.6) is 5.75 Å². The Balaban J connectivity index is 2.08. The second-order valence-corrected chi connectivity index (χ2v) is 7.63. The Kier molecular flexibility index (Phi) is 6.98. The zero-order valence-electron chi connectivity index (χ0n) is 16.9. The number of nitrogens with two attached hydrogens (primary N) is 1. The molecule has 0 saturated heterocycles. The van der Waals surface area contributed by atoms with E-state index in [9.17, 15) is 14.4 Å². The lowest BCUT2D eigenvalue weighted by atomic mass is 9.82. The number of esters is 1. The van der Waals surface area contributed by atoms with Crippen LogP contribution in [0, 0.1) is 17.1 Å². The van der Waals surface area contributed by atoms with E-state index in [-0.39, 0.29) is 41.8 Å². The molecule has 2 aromatic carbocycles. The molecule has 0 saturated carbocycles. The molecule has 2 N–H and O–H groups in total. The highest BCUT2D eigenvalue weighted by molar-refractivity contribution is 9.10. The Morgan fingerprint density at radius 1 is 1.32 bits per heavy atom. The van der Waals surface area contributed by atoms with Crippen LogP contribution in [-0.2, 0) is 20.9 Å². The van der Waals surface area contributed by atoms with Gasteiger partial charge in [-0.05, 0) is 49.7 Å². The normalized spacial score (nSPS) is 15.9. The smallest absolute Gasteiger partial charge is 0.338 e. The number of benzene rings is 2. The first-order valence-corrected chi connectivity index (χ1v) is 10.3. The maximum Gasteiger partial charge on any atom is 0.338 e. The van der Waals surface area contributed by atoms with Gasteiger partial charge in [0.25, 0.3) is 0 Å². The van der Waals surface area contributed by atoms with E-state index in [4.69, 9.17) is 19.9 Å². The summed E-state index contributed by atoms with van der Waals surface area (Å²) in [5.41, 5.74) is 7.36. The molecule has 1 atom stereocenters. The second kappa shape index (κ2) is 9.67. The van der Waals surface area contributed by atoms with Crippen LogP contribution >= 0.6 is 15.9 Å². The summed E-state index contributed by atoms with van der Waals surface area (Å²) in [5.74, 6) is -1.26. The van der Waals surface area contributed by atoms with E-state index >= 15 is 0 Å². The van der Waals surface area contributed by atoms with Crippen molar-refractivity contribution in [2.75, 3.05) is 6.61 Å². The molecule has 6 nitrogen and oxygen atoms in total. The highest BCUT2D eigenvalue weighted by Gasteiger charge is 2.38. The Morgan fingerprint density at radius 2 is 2.10 bits per heavy atom. The summed E-state index contributed by atoms with van der Waals surface area (Å²) in [6.45, 7) is 3.53. The summed E-state index contributed by atoms with van der Waals surface area (Å²) in [4.78, 5) is 12.7. The third-order valence-corrected chi connectivity index (χ3v) is 5.16. The molecular formula is C23H20BrFN2O4. The summed E-state index contributed by atoms with van der Waals surface area (Å²) >= 11 is 3.43. The van der Waals surface area contributed by atoms with Gasteiger partial charge < -0.3 is 19.9 Å². The average Bonchev–Trinajstić information content (AvgIpc) is 2.72. The molecule has 160 valence electrons. The minimum Gasteiger partial charge on any atom is -0.489 e. The monoisotopic (exact) mass is 486 g/mol. The number of allylic oxidation sites excluding steroid dienone is 2. The number of nitrogens with zero attached hydrogens (tertiary/aromatic N) is 1. The molecule has 8 heteroatoms. The van der Waals surface area contributed by atoms with Crippen LogP contribution < -0.4 is 10.5 Å². The number of carbonyl (C=O) groups excluding carboxylic acids is 1. The molecule has 0 amide bonds. The van der Waals surface area contributed by atoms with E-state index in [1.165, 1.54) is 12.1 Å². The van der Waals surface area contributed by atoms with Crippen molar-refractivity contribution in [1.29, 1.82) is 5.26 Å². The van der Waals surface area contributed by atoms with Gasteiger partial charge in [0, 0.05) is 10.0 Å². The molecule has 0 aromatic heterocycles. The van der Waals surface area contributed by atoms with E-state index < -0.39 is 11.9 Å². The zero-order valence-corrected chi connectivity index (χ0v) is 18.5. The maximum absolute atomic E-state index is 13.5. The summed E-state index contributed by atoms with van der Waals surface area (Å²) in [7, 11) is 0. The first kappa shape index (κ1) is 22.4. The molecule has 1 aliphatic rings. The minimum atomic E-state index is -0.849. The van der Waals surface area contributed by atoms with Gasteiger partial charge in [-0.15, -0.1) is 0 Å². The fourth-order valence-electron chi connectivity index (χ4n) is 3.33. The van der Waals surface area contributed by atoms with E-state index in [0.29, 0.717) is 21.3 Å². The lowest BCUT2D eigenvalue weighted by molar-refractivity contribution is -0.139. The molecule has 0 bridgehead atoms. The van der Waals surface area contributed by atoms with Crippen LogP contribution in [0.25, 0.3) is 0 Å². The number of hydrogen-bond acceptors (Lipinski definition) is 6. The first-order chi connectivity index (χ1) is 14.8. The summed E-state index contributed by atoms with van der Waals surface area (Å²) < 4.78 is 30.9. The van der Waals surface area contributed by atoms with Crippen molar-refractivity contribution in [2.45, 2.75) is 26.4 Å². The molecule has 2 aromatic rings. The van der Waals surface area contributed by atoms with Crippen molar-refractivity contribution < 1.29 is 23.4 Å². The van der Waals surface area contributed by atoms with Crippen molar-refractivity contribution in [3.63, 3.8) is 0 Å². The molecule has 1 aliphatic heterocycles. The number of carbonyl (C=O) groups is 1. The Labute approximate surface area is 187 Å². The molecule has 0 aliphatic carbocycles. The zero-order chi connectivity index (χ0) is 22.5. The van der Waals surface area contributed by atoms with Crippen molar-refractivity contribution in [1.82, 2.24) is 0 Å². The predicted molar refractivity (Wildman–Crippen MR) is 115 cm³/mol. The second-order valence-electron chi connectivity index (χ2n) is 6.72. The van der Waals surface area contributed by atoms with Crippen molar-refractivity contribution in [2.24, 2.45) is 5.73 Å². The van der Waals surface area contributed by atoms with E-state index in [1.54, 1.807) is 44.2 Å². The van der Waals surface area contributed by atoms with Crippen molar-refractivity contribution >= 4 is 21.9 Å². The summed E-state index contributed by atoms with van der Waals surface area (Å²) in [6, 6.07) is 13.3. The van der Waals surface area contributed by atoms with Crippen LogP contribution in [0.1, 0.15) is 30.9 Å². The molecule has 0 unspecified atom stereocenters. The lowest BCUT2D eigenvalue weighted by Crippen LogP contribution is -2.26. The highest BCUT2D eigenvalue weighted by Crippen LogP contribution is 2.44. The molecule has 0 spiro atoms. The number of rotatable bonds is 6. The molecular weight excluding hydrogens is 467 g/mol. The van der Waals surface area contributed by atoms with Crippen LogP contribution in [0.4, 0.5) is 4.39 Å². The Hall–Kier alpha value is -3.31. The fourth-order valence-corrected chi connectivity index (χ4v) is 3.71. The Bertz CT molecular complexity index is 1120. The van der Waals surface area contributed by atoms with Crippen LogP contribution in [0.15, 0.2) is 69.7 Å². The van der Waals surface area contributed by atoms with Gasteiger partial charge in [-0.2, -0.15) is 5.26 Å². The summed E-state index contributed by atoms with van der Waals surface area (Å²) in [5, 5.41) is 9.77. The van der Waals surface area contributed by atoms with Gasteiger partial charge >= 0.3 is 5.97 Å². The predicted octanol–water partition coefficient (Wildman–Crippen LogP) is 4.81. The van der Waals surface area contributed by atoms with Gasteiger partial charge in [0.1, 0.15) is 35.6 Å². The van der Waals surface area contributed by atoms with Gasteiger partial charge in [-0.1, -0.05) is 28.1 Å². The quantitative estimate of drug-likeness (QED) is 0.588. The van der Waals surface area contributed by atoms with Crippen LogP contribution in [0.2, 0.25) is 0 Å². The van der Waals surface area contributed by atoms with Crippen molar-refractivity contribution in [3.8, 4) is 11.8 Å². The first-order valence-electron chi connectivity index (χ1n) is 9.47. The molecule has 0 fully saturated rings. The maximum atomic E-state index is 13.5. The number of halogens is 2. The van der Waals surface area contributed by atoms with Gasteiger partial charge in [-0.3, -0.25) is 0 Å².